The van der Waals surface area contributed by atoms with E-state index >= 15 is 0 Å². The highest BCUT2D eigenvalue weighted by Gasteiger charge is 2.26. The number of nitrogens with one attached hydrogen (secondary N) is 1. The molecule has 1 heterocycles. The Labute approximate surface area is 160 Å². The van der Waals surface area contributed by atoms with Crippen molar-refractivity contribution in [2.75, 3.05) is 11.9 Å². The van der Waals surface area contributed by atoms with Gasteiger partial charge in [-0.3, -0.25) is 4.79 Å². The van der Waals surface area contributed by atoms with Gasteiger partial charge in [-0.25, -0.2) is 4.79 Å². The first-order valence-electron chi connectivity index (χ1n) is 9.25. The van der Waals surface area contributed by atoms with Gasteiger partial charge in [0.15, 0.2) is 6.61 Å². The van der Waals surface area contributed by atoms with E-state index in [0.29, 0.717) is 6.04 Å². The van der Waals surface area contributed by atoms with Crippen molar-refractivity contribution in [1.29, 1.82) is 0 Å². The monoisotopic (exact) mass is 366 g/mol. The molecular formula is C22H26N2O3. The molecule has 1 saturated carbocycles. The van der Waals surface area contributed by atoms with E-state index in [2.05, 4.69) is 29.8 Å². The molecule has 1 aromatic heterocycles. The summed E-state index contributed by atoms with van der Waals surface area (Å²) in [5, 5.41) is 2.76. The predicted octanol–water partition coefficient (Wildman–Crippen LogP) is 4.25. The molecule has 1 amide bonds. The molecule has 0 unspecified atom stereocenters. The van der Waals surface area contributed by atoms with Crippen LogP contribution in [0.3, 0.4) is 0 Å². The van der Waals surface area contributed by atoms with Crippen molar-refractivity contribution in [1.82, 2.24) is 4.57 Å². The lowest BCUT2D eigenvalue weighted by atomic mass is 10.1. The lowest BCUT2D eigenvalue weighted by Crippen LogP contribution is -2.20. The van der Waals surface area contributed by atoms with Gasteiger partial charge in [0.25, 0.3) is 5.91 Å². The van der Waals surface area contributed by atoms with Gasteiger partial charge in [-0.05, 0) is 69.9 Å². The minimum absolute atomic E-state index is 0.308. The van der Waals surface area contributed by atoms with Crippen LogP contribution in [0, 0.1) is 27.7 Å². The molecule has 1 N–H and O–H groups in total. The summed E-state index contributed by atoms with van der Waals surface area (Å²) in [5.74, 6) is -0.877. The molecule has 3 rings (SSSR count). The van der Waals surface area contributed by atoms with Crippen molar-refractivity contribution >= 4 is 23.6 Å². The molecule has 27 heavy (non-hydrogen) atoms. The van der Waals surface area contributed by atoms with Crippen LogP contribution in [0.4, 0.5) is 5.69 Å². The number of hydrogen-bond donors (Lipinski definition) is 1. The molecular weight excluding hydrogens is 340 g/mol. The maximum absolute atomic E-state index is 12.0. The molecule has 0 atom stereocenters. The van der Waals surface area contributed by atoms with Crippen molar-refractivity contribution in [2.45, 2.75) is 46.6 Å². The van der Waals surface area contributed by atoms with E-state index in [0.717, 1.165) is 28.1 Å². The molecule has 1 aliphatic rings. The third-order valence-corrected chi connectivity index (χ3v) is 4.84. The Balaban J connectivity index is 1.53. The lowest BCUT2D eigenvalue weighted by Gasteiger charge is -2.09. The number of amides is 1. The number of benzene rings is 1. The minimum atomic E-state index is -0.526. The number of carbonyl (C=O) groups excluding carboxylic acids is 2. The number of nitrogens with zero attached hydrogens (tertiary/aromatic N) is 1. The average Bonchev–Trinajstić information content (AvgIpc) is 3.39. The number of aryl methyl sites for hydroxylation is 3. The van der Waals surface area contributed by atoms with Gasteiger partial charge in [0.1, 0.15) is 0 Å². The summed E-state index contributed by atoms with van der Waals surface area (Å²) in [7, 11) is 0. The van der Waals surface area contributed by atoms with Crippen LogP contribution < -0.4 is 5.32 Å². The molecule has 1 aromatic carbocycles. The Kier molecular flexibility index (Phi) is 5.49. The Hall–Kier alpha value is -2.82. The summed E-state index contributed by atoms with van der Waals surface area (Å²) in [6.07, 6.45) is 5.57. The van der Waals surface area contributed by atoms with Crippen LogP contribution in [0.1, 0.15) is 47.0 Å². The molecule has 1 aliphatic carbocycles. The predicted molar refractivity (Wildman–Crippen MR) is 107 cm³/mol. The number of anilines is 1. The van der Waals surface area contributed by atoms with Gasteiger partial charge in [-0.15, -0.1) is 0 Å². The van der Waals surface area contributed by atoms with Crippen molar-refractivity contribution in [3.05, 3.63) is 58.4 Å². The van der Waals surface area contributed by atoms with Gasteiger partial charge in [0.2, 0.25) is 0 Å². The molecule has 1 fully saturated rings. The fourth-order valence-corrected chi connectivity index (χ4v) is 3.35. The van der Waals surface area contributed by atoms with E-state index in [1.54, 1.807) is 6.08 Å². The highest BCUT2D eigenvalue weighted by Crippen LogP contribution is 2.38. The topological polar surface area (TPSA) is 60.3 Å². The van der Waals surface area contributed by atoms with E-state index in [4.69, 9.17) is 4.74 Å². The molecule has 142 valence electrons. The minimum Gasteiger partial charge on any atom is -0.452 e. The zero-order chi connectivity index (χ0) is 19.6. The van der Waals surface area contributed by atoms with Gasteiger partial charge < -0.3 is 14.6 Å². The summed E-state index contributed by atoms with van der Waals surface area (Å²) in [4.78, 5) is 23.9. The average molecular weight is 366 g/mol. The molecule has 0 spiro atoms. The number of hydrogen-bond acceptors (Lipinski definition) is 3. The van der Waals surface area contributed by atoms with Crippen LogP contribution >= 0.6 is 0 Å². The van der Waals surface area contributed by atoms with E-state index < -0.39 is 5.97 Å². The first kappa shape index (κ1) is 19.0. The van der Waals surface area contributed by atoms with Crippen molar-refractivity contribution in [3.8, 4) is 0 Å². The van der Waals surface area contributed by atoms with E-state index in [1.807, 2.05) is 32.0 Å². The quantitative estimate of drug-likeness (QED) is 0.614. The van der Waals surface area contributed by atoms with Gasteiger partial charge in [-0.2, -0.15) is 0 Å². The number of aromatic nitrogens is 1. The summed E-state index contributed by atoms with van der Waals surface area (Å²) in [6.45, 7) is 7.76. The zero-order valence-corrected chi connectivity index (χ0v) is 16.3. The SMILES string of the molecule is Cc1ccc(NC(=O)COC(=O)/C=C/c2cc(C)n(C3CC3)c2C)c(C)c1. The van der Waals surface area contributed by atoms with Crippen molar-refractivity contribution < 1.29 is 14.3 Å². The summed E-state index contributed by atoms with van der Waals surface area (Å²) >= 11 is 0. The fraction of sp³-hybridized carbons (Fsp3) is 0.364. The summed E-state index contributed by atoms with van der Waals surface area (Å²) < 4.78 is 7.38. The number of ether oxygens (including phenoxy) is 1. The Morgan fingerprint density at radius 1 is 1.19 bits per heavy atom. The van der Waals surface area contributed by atoms with Crippen molar-refractivity contribution in [3.63, 3.8) is 0 Å². The van der Waals surface area contributed by atoms with Crippen molar-refractivity contribution in [2.24, 2.45) is 0 Å². The van der Waals surface area contributed by atoms with Crippen LogP contribution in [0.15, 0.2) is 30.3 Å². The third-order valence-electron chi connectivity index (χ3n) is 4.84. The number of esters is 1. The van der Waals surface area contributed by atoms with Crippen LogP contribution in [-0.2, 0) is 14.3 Å². The molecule has 0 bridgehead atoms. The second-order valence-corrected chi connectivity index (χ2v) is 7.24. The van der Waals surface area contributed by atoms with Crippen LogP contribution in [0.25, 0.3) is 6.08 Å². The standard InChI is InChI=1S/C22H26N2O3/c1-14-5-9-20(15(2)11-14)23-21(25)13-27-22(26)10-6-18-12-16(3)24(17(18)4)19-7-8-19/h5-6,9-12,19H,7-8,13H2,1-4H3,(H,23,25)/b10-6+. The lowest BCUT2D eigenvalue weighted by molar-refractivity contribution is -0.142. The third kappa shape index (κ3) is 4.67. The van der Waals surface area contributed by atoms with Crippen LogP contribution in [-0.4, -0.2) is 23.1 Å². The van der Waals surface area contributed by atoms with Crippen LogP contribution in [0.5, 0.6) is 0 Å². The second kappa shape index (κ2) is 7.82. The first-order valence-corrected chi connectivity index (χ1v) is 9.25. The van der Waals surface area contributed by atoms with Gasteiger partial charge in [-0.1, -0.05) is 17.7 Å². The Morgan fingerprint density at radius 3 is 2.59 bits per heavy atom. The largest absolute Gasteiger partial charge is 0.452 e. The maximum Gasteiger partial charge on any atom is 0.331 e. The molecule has 5 nitrogen and oxygen atoms in total. The Morgan fingerprint density at radius 2 is 1.93 bits per heavy atom. The zero-order valence-electron chi connectivity index (χ0n) is 16.3. The smallest absolute Gasteiger partial charge is 0.331 e. The highest BCUT2D eigenvalue weighted by atomic mass is 16.5. The molecule has 2 aromatic rings. The molecule has 5 heteroatoms. The molecule has 0 saturated heterocycles. The van der Waals surface area contributed by atoms with Gasteiger partial charge in [0.05, 0.1) is 0 Å². The van der Waals surface area contributed by atoms with E-state index in [9.17, 15) is 9.59 Å². The molecule has 0 radical (unpaired) electrons. The highest BCUT2D eigenvalue weighted by molar-refractivity contribution is 5.95. The molecule has 0 aliphatic heterocycles. The summed E-state index contributed by atoms with van der Waals surface area (Å²) in [5.41, 5.74) is 6.20. The van der Waals surface area contributed by atoms with E-state index in [-0.39, 0.29) is 12.5 Å². The van der Waals surface area contributed by atoms with Crippen LogP contribution in [0.2, 0.25) is 0 Å². The first-order chi connectivity index (χ1) is 12.8. The van der Waals surface area contributed by atoms with E-state index in [1.165, 1.54) is 24.6 Å². The van der Waals surface area contributed by atoms with Gasteiger partial charge >= 0.3 is 5.97 Å². The second-order valence-electron chi connectivity index (χ2n) is 7.24. The number of rotatable bonds is 6. The number of carbonyl (C=O) groups is 2. The normalized spacial score (nSPS) is 13.8. The fourth-order valence-electron chi connectivity index (χ4n) is 3.35. The summed E-state index contributed by atoms with van der Waals surface area (Å²) in [6, 6.07) is 8.44. The van der Waals surface area contributed by atoms with Gasteiger partial charge in [0, 0.05) is 29.2 Å². The maximum atomic E-state index is 12.0. The Bertz CT molecular complexity index is 905.